The SMILES string of the molecule is O=C(CCc1nc2ccccc2o1)OCc1ccc(Cl)cc1Cl. The van der Waals surface area contributed by atoms with Gasteiger partial charge in [-0.1, -0.05) is 41.4 Å². The average molecular weight is 350 g/mol. The molecule has 3 rings (SSSR count). The first-order valence-corrected chi connectivity index (χ1v) is 7.81. The van der Waals surface area contributed by atoms with Crippen LogP contribution in [-0.2, 0) is 22.6 Å². The Labute approximate surface area is 143 Å². The molecule has 1 heterocycles. The van der Waals surface area contributed by atoms with Gasteiger partial charge in [-0.15, -0.1) is 0 Å². The van der Waals surface area contributed by atoms with Gasteiger partial charge in [0.05, 0.1) is 6.42 Å². The van der Waals surface area contributed by atoms with Crippen LogP contribution >= 0.6 is 23.2 Å². The van der Waals surface area contributed by atoms with Gasteiger partial charge >= 0.3 is 5.97 Å². The van der Waals surface area contributed by atoms with Gasteiger partial charge in [-0.3, -0.25) is 4.79 Å². The van der Waals surface area contributed by atoms with Crippen molar-refractivity contribution in [3.8, 4) is 0 Å². The smallest absolute Gasteiger partial charge is 0.306 e. The van der Waals surface area contributed by atoms with E-state index in [2.05, 4.69) is 4.98 Å². The number of para-hydroxylation sites is 2. The van der Waals surface area contributed by atoms with E-state index in [9.17, 15) is 4.79 Å². The van der Waals surface area contributed by atoms with E-state index in [1.807, 2.05) is 24.3 Å². The number of fused-ring (bicyclic) bond motifs is 1. The Bertz CT molecular complexity index is 812. The van der Waals surface area contributed by atoms with Crippen molar-refractivity contribution in [3.63, 3.8) is 0 Å². The van der Waals surface area contributed by atoms with Crippen molar-refractivity contribution in [3.05, 3.63) is 64.0 Å². The lowest BCUT2D eigenvalue weighted by atomic mass is 10.2. The number of halogens is 2. The van der Waals surface area contributed by atoms with Gasteiger partial charge < -0.3 is 9.15 Å². The van der Waals surface area contributed by atoms with E-state index >= 15 is 0 Å². The number of hydrogen-bond acceptors (Lipinski definition) is 4. The number of hydrogen-bond donors (Lipinski definition) is 0. The van der Waals surface area contributed by atoms with Crippen molar-refractivity contribution < 1.29 is 13.9 Å². The van der Waals surface area contributed by atoms with Crippen molar-refractivity contribution in [1.29, 1.82) is 0 Å². The summed E-state index contributed by atoms with van der Waals surface area (Å²) in [6.45, 7) is 0.113. The molecule has 0 saturated heterocycles. The van der Waals surface area contributed by atoms with E-state index in [4.69, 9.17) is 32.4 Å². The number of oxazole rings is 1. The molecule has 3 aromatic rings. The minimum Gasteiger partial charge on any atom is -0.461 e. The molecule has 0 N–H and O–H groups in total. The van der Waals surface area contributed by atoms with E-state index in [0.29, 0.717) is 33.5 Å². The number of carbonyl (C=O) groups is 1. The summed E-state index contributed by atoms with van der Waals surface area (Å²) in [4.78, 5) is 16.1. The Balaban J connectivity index is 1.53. The molecule has 0 atom stereocenters. The number of nitrogens with zero attached hydrogens (tertiary/aromatic N) is 1. The third-order valence-electron chi connectivity index (χ3n) is 3.28. The molecule has 118 valence electrons. The van der Waals surface area contributed by atoms with E-state index in [0.717, 1.165) is 5.52 Å². The second-order valence-corrected chi connectivity index (χ2v) is 5.82. The molecular formula is C17H13Cl2NO3. The van der Waals surface area contributed by atoms with Crippen LogP contribution in [-0.4, -0.2) is 11.0 Å². The molecule has 2 aromatic carbocycles. The number of carbonyl (C=O) groups excluding carboxylic acids is 1. The van der Waals surface area contributed by atoms with Crippen molar-refractivity contribution in [1.82, 2.24) is 4.98 Å². The van der Waals surface area contributed by atoms with E-state index in [1.54, 1.807) is 18.2 Å². The van der Waals surface area contributed by atoms with Crippen molar-refractivity contribution >= 4 is 40.3 Å². The Morgan fingerprint density at radius 3 is 2.78 bits per heavy atom. The number of benzene rings is 2. The normalized spacial score (nSPS) is 10.9. The third kappa shape index (κ3) is 4.03. The molecule has 0 aliphatic heterocycles. The van der Waals surface area contributed by atoms with Crippen LogP contribution in [0.1, 0.15) is 17.9 Å². The van der Waals surface area contributed by atoms with Gasteiger partial charge in [-0.2, -0.15) is 0 Å². The molecule has 23 heavy (non-hydrogen) atoms. The first-order valence-electron chi connectivity index (χ1n) is 7.06. The number of aryl methyl sites for hydroxylation is 1. The summed E-state index contributed by atoms with van der Waals surface area (Å²) in [6, 6.07) is 12.5. The van der Waals surface area contributed by atoms with Crippen LogP contribution < -0.4 is 0 Å². The monoisotopic (exact) mass is 349 g/mol. The largest absolute Gasteiger partial charge is 0.461 e. The van der Waals surface area contributed by atoms with Gasteiger partial charge in [0.15, 0.2) is 11.5 Å². The summed E-state index contributed by atoms with van der Waals surface area (Å²) >= 11 is 11.9. The Hall–Kier alpha value is -2.04. The summed E-state index contributed by atoms with van der Waals surface area (Å²) < 4.78 is 10.8. The van der Waals surface area contributed by atoms with Gasteiger partial charge in [0, 0.05) is 22.0 Å². The fraction of sp³-hybridized carbons (Fsp3) is 0.176. The van der Waals surface area contributed by atoms with Crippen LogP contribution in [0.4, 0.5) is 0 Å². The van der Waals surface area contributed by atoms with Crippen molar-refractivity contribution in [2.45, 2.75) is 19.4 Å². The predicted molar refractivity (Wildman–Crippen MR) is 88.6 cm³/mol. The van der Waals surface area contributed by atoms with Crippen molar-refractivity contribution in [2.24, 2.45) is 0 Å². The fourth-order valence-electron chi connectivity index (χ4n) is 2.11. The number of esters is 1. The molecular weight excluding hydrogens is 337 g/mol. The topological polar surface area (TPSA) is 52.3 Å². The van der Waals surface area contributed by atoms with Crippen LogP contribution in [0, 0.1) is 0 Å². The minimum atomic E-state index is -0.335. The van der Waals surface area contributed by atoms with Gasteiger partial charge in [0.2, 0.25) is 0 Å². The highest BCUT2D eigenvalue weighted by atomic mass is 35.5. The van der Waals surface area contributed by atoms with E-state index in [1.165, 1.54) is 0 Å². The lowest BCUT2D eigenvalue weighted by molar-refractivity contribution is -0.145. The highest BCUT2D eigenvalue weighted by Crippen LogP contribution is 2.22. The summed E-state index contributed by atoms with van der Waals surface area (Å²) in [6.07, 6.45) is 0.583. The molecule has 0 radical (unpaired) electrons. The molecule has 6 heteroatoms. The maximum atomic E-state index is 11.8. The molecule has 4 nitrogen and oxygen atoms in total. The Kier molecular flexibility index (Phi) is 4.84. The molecule has 0 aliphatic rings. The molecule has 0 bridgehead atoms. The standard InChI is InChI=1S/C17H13Cl2NO3/c18-12-6-5-11(13(19)9-12)10-22-17(21)8-7-16-20-14-3-1-2-4-15(14)23-16/h1-6,9H,7-8,10H2. The molecule has 1 aromatic heterocycles. The molecule has 0 aliphatic carbocycles. The van der Waals surface area contributed by atoms with E-state index < -0.39 is 0 Å². The molecule has 0 unspecified atom stereocenters. The summed E-state index contributed by atoms with van der Waals surface area (Å²) in [7, 11) is 0. The fourth-order valence-corrected chi connectivity index (χ4v) is 2.57. The van der Waals surface area contributed by atoms with Crippen LogP contribution in [0.5, 0.6) is 0 Å². The Morgan fingerprint density at radius 1 is 1.17 bits per heavy atom. The van der Waals surface area contributed by atoms with Crippen LogP contribution in [0.3, 0.4) is 0 Å². The predicted octanol–water partition coefficient (Wildman–Crippen LogP) is 4.81. The zero-order chi connectivity index (χ0) is 16.2. The first-order chi connectivity index (χ1) is 11.1. The number of rotatable bonds is 5. The zero-order valence-electron chi connectivity index (χ0n) is 12.1. The molecule has 0 spiro atoms. The average Bonchev–Trinajstić information content (AvgIpc) is 2.95. The Morgan fingerprint density at radius 2 is 2.00 bits per heavy atom. The van der Waals surface area contributed by atoms with Crippen LogP contribution in [0.15, 0.2) is 46.9 Å². The highest BCUT2D eigenvalue weighted by Gasteiger charge is 2.10. The highest BCUT2D eigenvalue weighted by molar-refractivity contribution is 6.35. The van der Waals surface area contributed by atoms with Crippen molar-refractivity contribution in [2.75, 3.05) is 0 Å². The van der Waals surface area contributed by atoms with Gasteiger partial charge in [-0.05, 0) is 24.3 Å². The summed E-state index contributed by atoms with van der Waals surface area (Å²) in [5, 5.41) is 1.02. The maximum Gasteiger partial charge on any atom is 0.306 e. The lowest BCUT2D eigenvalue weighted by Crippen LogP contribution is -2.06. The van der Waals surface area contributed by atoms with Crippen LogP contribution in [0.25, 0.3) is 11.1 Å². The number of ether oxygens (including phenoxy) is 1. The van der Waals surface area contributed by atoms with E-state index in [-0.39, 0.29) is 19.0 Å². The van der Waals surface area contributed by atoms with Gasteiger partial charge in [0.25, 0.3) is 0 Å². The third-order valence-corrected chi connectivity index (χ3v) is 3.87. The second kappa shape index (κ2) is 7.02. The zero-order valence-corrected chi connectivity index (χ0v) is 13.6. The second-order valence-electron chi connectivity index (χ2n) is 4.97. The molecule has 0 amide bonds. The van der Waals surface area contributed by atoms with Gasteiger partial charge in [0.1, 0.15) is 12.1 Å². The summed E-state index contributed by atoms with van der Waals surface area (Å²) in [5.74, 6) is 0.186. The minimum absolute atomic E-state index is 0.113. The number of aromatic nitrogens is 1. The van der Waals surface area contributed by atoms with Crippen LogP contribution in [0.2, 0.25) is 10.0 Å². The van der Waals surface area contributed by atoms with Gasteiger partial charge in [-0.25, -0.2) is 4.98 Å². The molecule has 0 saturated carbocycles. The molecule has 0 fully saturated rings. The lowest BCUT2D eigenvalue weighted by Gasteiger charge is -2.06. The maximum absolute atomic E-state index is 11.8. The quantitative estimate of drug-likeness (QED) is 0.620. The summed E-state index contributed by atoms with van der Waals surface area (Å²) in [5.41, 5.74) is 2.21. The first kappa shape index (κ1) is 15.8.